The van der Waals surface area contributed by atoms with Crippen molar-refractivity contribution < 1.29 is 14.3 Å². The molecule has 2 aliphatic heterocycles. The van der Waals surface area contributed by atoms with Gasteiger partial charge in [0.15, 0.2) is 0 Å². The Kier molecular flexibility index (Phi) is 4.35. The summed E-state index contributed by atoms with van der Waals surface area (Å²) in [5, 5.41) is 0.461. The van der Waals surface area contributed by atoms with Crippen molar-refractivity contribution in [3.8, 4) is 0 Å². The first-order chi connectivity index (χ1) is 12.1. The van der Waals surface area contributed by atoms with Crippen LogP contribution in [-0.2, 0) is 22.4 Å². The Morgan fingerprint density at radius 3 is 2.92 bits per heavy atom. The van der Waals surface area contributed by atoms with Gasteiger partial charge in [0.2, 0.25) is 0 Å². The Bertz CT molecular complexity index is 876. The van der Waals surface area contributed by atoms with E-state index in [0.29, 0.717) is 55.3 Å². The molecule has 0 atom stereocenters. The molecule has 0 aromatic carbocycles. The van der Waals surface area contributed by atoms with Gasteiger partial charge in [-0.15, -0.1) is 0 Å². The second-order valence-corrected chi connectivity index (χ2v) is 6.72. The minimum atomic E-state index is -0.381. The Morgan fingerprint density at radius 1 is 1.32 bits per heavy atom. The average molecular weight is 364 g/mol. The van der Waals surface area contributed by atoms with Crippen LogP contribution >= 0.6 is 11.6 Å². The molecule has 132 valence electrons. The topological polar surface area (TPSA) is 73.1 Å². The summed E-state index contributed by atoms with van der Waals surface area (Å²) in [6.07, 6.45) is 3.01. The molecule has 7 nitrogen and oxygen atoms in total. The van der Waals surface area contributed by atoms with Crippen LogP contribution in [0.5, 0.6) is 0 Å². The number of ether oxygens (including phenoxy) is 2. The lowest BCUT2D eigenvalue weighted by molar-refractivity contribution is -0.0115. The Balaban J connectivity index is 1.57. The Labute approximate surface area is 149 Å². The van der Waals surface area contributed by atoms with Gasteiger partial charge in [0.1, 0.15) is 11.8 Å². The third-order valence-corrected chi connectivity index (χ3v) is 4.85. The van der Waals surface area contributed by atoms with Crippen molar-refractivity contribution in [3.05, 3.63) is 45.0 Å². The maximum atomic E-state index is 12.8. The molecule has 2 aromatic heterocycles. The molecule has 2 aromatic rings. The monoisotopic (exact) mass is 363 g/mol. The molecule has 1 fully saturated rings. The molecule has 1 amide bonds. The predicted molar refractivity (Wildman–Crippen MR) is 90.9 cm³/mol. The Hall–Kier alpha value is -2.12. The smallest absolute Gasteiger partial charge is 0.410 e. The fraction of sp³-hybridized carbons (Fsp3) is 0.471. The number of hydrogen-bond acceptors (Lipinski definition) is 5. The van der Waals surface area contributed by atoms with Crippen LogP contribution in [0.3, 0.4) is 0 Å². The molecule has 0 bridgehead atoms. The van der Waals surface area contributed by atoms with E-state index in [2.05, 4.69) is 4.98 Å². The first-order valence-corrected chi connectivity index (χ1v) is 8.72. The van der Waals surface area contributed by atoms with Crippen LogP contribution in [0.4, 0.5) is 4.79 Å². The number of halogens is 1. The summed E-state index contributed by atoms with van der Waals surface area (Å²) in [5.41, 5.74) is 1.63. The van der Waals surface area contributed by atoms with Gasteiger partial charge in [-0.05, 0) is 12.1 Å². The number of hydrogen-bond donors (Lipinski definition) is 0. The fourth-order valence-electron chi connectivity index (χ4n) is 3.24. The van der Waals surface area contributed by atoms with E-state index in [-0.39, 0.29) is 24.3 Å². The molecule has 1 saturated heterocycles. The predicted octanol–water partition coefficient (Wildman–Crippen LogP) is 2.02. The third-order valence-electron chi connectivity index (χ3n) is 4.63. The van der Waals surface area contributed by atoms with Crippen LogP contribution in [-0.4, -0.2) is 46.2 Å². The quantitative estimate of drug-likeness (QED) is 0.775. The SMILES string of the molecule is O=C(OC1CCOCC1)N1CCc2nc3ccc(Cl)cn3c(=O)c2C1. The van der Waals surface area contributed by atoms with E-state index >= 15 is 0 Å². The second-order valence-electron chi connectivity index (χ2n) is 6.28. The van der Waals surface area contributed by atoms with Crippen LogP contribution in [0.2, 0.25) is 5.02 Å². The highest BCUT2D eigenvalue weighted by molar-refractivity contribution is 6.30. The largest absolute Gasteiger partial charge is 0.446 e. The number of amides is 1. The summed E-state index contributed by atoms with van der Waals surface area (Å²) in [4.78, 5) is 31.3. The number of aromatic nitrogens is 2. The summed E-state index contributed by atoms with van der Waals surface area (Å²) < 4.78 is 12.2. The van der Waals surface area contributed by atoms with E-state index in [1.54, 1.807) is 23.2 Å². The molecule has 0 radical (unpaired) electrons. The Morgan fingerprint density at radius 2 is 2.12 bits per heavy atom. The van der Waals surface area contributed by atoms with E-state index < -0.39 is 0 Å². The molecular formula is C17H18ClN3O4. The van der Waals surface area contributed by atoms with Gasteiger partial charge in [0.25, 0.3) is 5.56 Å². The lowest BCUT2D eigenvalue weighted by atomic mass is 10.1. The zero-order valence-corrected chi connectivity index (χ0v) is 14.4. The molecular weight excluding hydrogens is 346 g/mol. The molecule has 0 spiro atoms. The van der Waals surface area contributed by atoms with Crippen molar-refractivity contribution in [3.63, 3.8) is 0 Å². The zero-order valence-electron chi connectivity index (χ0n) is 13.6. The first-order valence-electron chi connectivity index (χ1n) is 8.35. The van der Waals surface area contributed by atoms with Gasteiger partial charge in [-0.2, -0.15) is 0 Å². The number of pyridine rings is 1. The van der Waals surface area contributed by atoms with Crippen molar-refractivity contribution >= 4 is 23.3 Å². The summed E-state index contributed by atoms with van der Waals surface area (Å²) in [7, 11) is 0. The molecule has 8 heteroatoms. The van der Waals surface area contributed by atoms with Crippen molar-refractivity contribution in [2.75, 3.05) is 19.8 Å². The first kappa shape index (κ1) is 16.4. The lowest BCUT2D eigenvalue weighted by Gasteiger charge is -2.30. The lowest BCUT2D eigenvalue weighted by Crippen LogP contribution is -2.42. The molecule has 0 unspecified atom stereocenters. The van der Waals surface area contributed by atoms with Crippen LogP contribution < -0.4 is 5.56 Å². The fourth-order valence-corrected chi connectivity index (χ4v) is 3.40. The molecule has 4 heterocycles. The highest BCUT2D eigenvalue weighted by atomic mass is 35.5. The van der Waals surface area contributed by atoms with Crippen LogP contribution in [0.1, 0.15) is 24.1 Å². The normalized spacial score (nSPS) is 18.2. The minimum absolute atomic E-state index is 0.114. The maximum Gasteiger partial charge on any atom is 0.410 e. The number of rotatable bonds is 1. The maximum absolute atomic E-state index is 12.8. The van der Waals surface area contributed by atoms with Gasteiger partial charge in [-0.25, -0.2) is 9.78 Å². The number of carbonyl (C=O) groups excluding carboxylic acids is 1. The van der Waals surface area contributed by atoms with Crippen LogP contribution in [0.15, 0.2) is 23.1 Å². The van der Waals surface area contributed by atoms with E-state index in [4.69, 9.17) is 21.1 Å². The summed E-state index contributed by atoms with van der Waals surface area (Å²) >= 11 is 5.98. The number of nitrogens with zero attached hydrogens (tertiary/aromatic N) is 3. The highest BCUT2D eigenvalue weighted by Crippen LogP contribution is 2.19. The van der Waals surface area contributed by atoms with Crippen LogP contribution in [0, 0.1) is 0 Å². The van der Waals surface area contributed by atoms with Gasteiger partial charge in [0.05, 0.1) is 36.0 Å². The second kappa shape index (κ2) is 6.65. The molecule has 4 rings (SSSR count). The molecule has 25 heavy (non-hydrogen) atoms. The summed E-state index contributed by atoms with van der Waals surface area (Å²) in [5.74, 6) is 0. The molecule has 0 saturated carbocycles. The minimum Gasteiger partial charge on any atom is -0.446 e. The van der Waals surface area contributed by atoms with Crippen LogP contribution in [0.25, 0.3) is 5.65 Å². The third kappa shape index (κ3) is 3.21. The van der Waals surface area contributed by atoms with E-state index in [9.17, 15) is 9.59 Å². The van der Waals surface area contributed by atoms with Gasteiger partial charge >= 0.3 is 6.09 Å². The standard InChI is InChI=1S/C17H18ClN3O4/c18-11-1-2-15-19-14-3-6-20(10-13(14)16(22)21(15)9-11)17(23)25-12-4-7-24-8-5-12/h1-2,9,12H,3-8,10H2. The summed E-state index contributed by atoms with van der Waals surface area (Å²) in [6.45, 7) is 1.92. The van der Waals surface area contributed by atoms with Crippen molar-refractivity contribution in [1.82, 2.24) is 14.3 Å². The molecule has 0 N–H and O–H groups in total. The van der Waals surface area contributed by atoms with E-state index in [1.165, 1.54) is 4.40 Å². The van der Waals surface area contributed by atoms with E-state index in [0.717, 1.165) is 5.69 Å². The van der Waals surface area contributed by atoms with Gasteiger partial charge in [-0.3, -0.25) is 9.20 Å². The summed E-state index contributed by atoms with van der Waals surface area (Å²) in [6, 6.07) is 3.42. The number of carbonyl (C=O) groups is 1. The van der Waals surface area contributed by atoms with Crippen molar-refractivity contribution in [2.24, 2.45) is 0 Å². The molecule has 2 aliphatic rings. The molecule has 0 aliphatic carbocycles. The van der Waals surface area contributed by atoms with Crippen molar-refractivity contribution in [1.29, 1.82) is 0 Å². The zero-order chi connectivity index (χ0) is 17.4. The highest BCUT2D eigenvalue weighted by Gasteiger charge is 2.28. The van der Waals surface area contributed by atoms with Gasteiger partial charge in [-0.1, -0.05) is 11.6 Å². The van der Waals surface area contributed by atoms with Gasteiger partial charge < -0.3 is 14.4 Å². The number of fused-ring (bicyclic) bond motifs is 2. The average Bonchev–Trinajstić information content (AvgIpc) is 2.63. The van der Waals surface area contributed by atoms with Crippen molar-refractivity contribution in [2.45, 2.75) is 31.9 Å². The van der Waals surface area contributed by atoms with Gasteiger partial charge in [0, 0.05) is 32.0 Å². The van der Waals surface area contributed by atoms with E-state index in [1.807, 2.05) is 0 Å².